The fourth-order valence-corrected chi connectivity index (χ4v) is 9.45. The van der Waals surface area contributed by atoms with E-state index < -0.39 is 55.2 Å². The summed E-state index contributed by atoms with van der Waals surface area (Å²) < 4.78 is 44.5. The lowest BCUT2D eigenvalue weighted by Gasteiger charge is -2.29. The van der Waals surface area contributed by atoms with Crippen LogP contribution in [0, 0.1) is 5.92 Å². The van der Waals surface area contributed by atoms with Gasteiger partial charge in [-0.3, -0.25) is 0 Å². The molecule has 0 heterocycles. The third-order valence-corrected chi connectivity index (χ3v) is 14.1. The van der Waals surface area contributed by atoms with Gasteiger partial charge in [0, 0.05) is 30.4 Å². The van der Waals surface area contributed by atoms with Gasteiger partial charge >= 0.3 is 41.8 Å². The molecular weight excluding hydrogens is 1190 g/mol. The molecule has 16 heteroatoms. The van der Waals surface area contributed by atoms with Crippen LogP contribution in [-0.4, -0.2) is 74.9 Å². The Bertz CT molecular complexity index is 2950. The average molecular weight is 1310 g/mol. The lowest BCUT2D eigenvalue weighted by atomic mass is 9.77. The number of benzene rings is 5. The normalized spacial score (nSPS) is 14.2. The topological polar surface area (TPSA) is 203 Å². The lowest BCUT2D eigenvalue weighted by Crippen LogP contribution is -2.26. The first kappa shape index (κ1) is 93.4. The largest absolute Gasteiger partial charge is 0.460 e. The van der Waals surface area contributed by atoms with E-state index in [-0.39, 0.29) is 86.5 Å². The number of carbonyl (C=O) groups excluding carboxylic acids is 7. The summed E-state index contributed by atoms with van der Waals surface area (Å²) in [5, 5.41) is 0. The Hall–Kier alpha value is -9.31. The van der Waals surface area contributed by atoms with Gasteiger partial charge in [0.05, 0.1) is 5.56 Å². The molecular formula is C78H112O16. The third-order valence-electron chi connectivity index (χ3n) is 14.1. The van der Waals surface area contributed by atoms with E-state index in [4.69, 9.17) is 33.2 Å². The smallest absolute Gasteiger partial charge is 0.344 e. The number of ether oxygens (including phenoxy) is 9. The number of esters is 7. The van der Waals surface area contributed by atoms with E-state index >= 15 is 0 Å². The van der Waals surface area contributed by atoms with E-state index in [1.807, 2.05) is 24.3 Å². The average Bonchev–Trinajstić information content (AvgIpc) is 1.12. The maximum atomic E-state index is 12.6. The van der Waals surface area contributed by atoms with Crippen molar-refractivity contribution >= 4 is 41.8 Å². The van der Waals surface area contributed by atoms with Gasteiger partial charge in [0.2, 0.25) is 20.4 Å². The zero-order chi connectivity index (χ0) is 61.2. The zero-order valence-corrected chi connectivity index (χ0v) is 48.3. The van der Waals surface area contributed by atoms with Gasteiger partial charge in [0.1, 0.15) is 23.4 Å². The molecule has 5 aromatic rings. The monoisotopic (exact) mass is 1300 g/mol. The summed E-state index contributed by atoms with van der Waals surface area (Å²) >= 11 is 0. The summed E-state index contributed by atoms with van der Waals surface area (Å²) in [6.45, 7) is 17.4. The van der Waals surface area contributed by atoms with Gasteiger partial charge in [0.25, 0.3) is 0 Å². The minimum atomic E-state index is -0.652. The maximum absolute atomic E-state index is 12.6. The highest BCUT2D eigenvalue weighted by molar-refractivity contribution is 5.91. The number of unbranched alkanes of at least 4 members (excludes halogenated alkanes) is 2. The van der Waals surface area contributed by atoms with Crippen molar-refractivity contribution in [1.29, 1.82) is 0 Å². The molecule has 2 aliphatic carbocycles. The molecule has 0 aromatic heterocycles. The minimum Gasteiger partial charge on any atom is -0.460 e. The fourth-order valence-electron chi connectivity index (χ4n) is 9.45. The fraction of sp³-hybridized carbons (Fsp3) is 0.397. The van der Waals surface area contributed by atoms with Crippen LogP contribution in [0.5, 0.6) is 17.2 Å². The third kappa shape index (κ3) is 34.4. The number of carbonyl (C=O) groups is 7. The van der Waals surface area contributed by atoms with E-state index in [2.05, 4.69) is 110 Å². The van der Waals surface area contributed by atoms with E-state index in [0.29, 0.717) is 28.7 Å². The van der Waals surface area contributed by atoms with Crippen molar-refractivity contribution in [2.45, 2.75) is 175 Å². The zero-order valence-electron chi connectivity index (χ0n) is 48.3. The molecule has 2 aliphatic rings. The van der Waals surface area contributed by atoms with Crippen LogP contribution in [0.1, 0.15) is 195 Å². The van der Waals surface area contributed by atoms with Crippen LogP contribution >= 0.6 is 0 Å². The highest BCUT2D eigenvalue weighted by atomic mass is 16.7. The Kier molecular flexibility index (Phi) is 51.9. The molecule has 0 radical (unpaired) electrons. The second-order valence-electron chi connectivity index (χ2n) is 19.9. The molecule has 0 N–H and O–H groups in total. The molecule has 0 saturated heterocycles. The summed E-state index contributed by atoms with van der Waals surface area (Å²) in [5.74, 6) is -0.486. The lowest BCUT2D eigenvalue weighted by molar-refractivity contribution is -0.161. The van der Waals surface area contributed by atoms with Crippen molar-refractivity contribution in [3.05, 3.63) is 212 Å². The first-order chi connectivity index (χ1) is 41.2. The second-order valence-corrected chi connectivity index (χ2v) is 19.9. The van der Waals surface area contributed by atoms with Crippen LogP contribution in [0.4, 0.5) is 0 Å². The molecule has 0 amide bonds. The predicted molar refractivity (Wildman–Crippen MR) is 382 cm³/mol. The SMILES string of the molecule is C.C.C.C.C.C.C.C.C.C=CC(=O)OCOC(=O)C=C.C=CC(=O)OCOc1ccc(Cc2ccc(C3CCC(CCCCC)CC3)cc2)cc1.C=CC(=O)OCOc1ccc(OC(=O)c2ccc(-c3ccc(C4CCC(OC(=O)COC(=O)C=C)CC4)cc3)cc2)cc1. The van der Waals surface area contributed by atoms with Crippen molar-refractivity contribution < 1.29 is 76.2 Å². The van der Waals surface area contributed by atoms with Crippen molar-refractivity contribution in [2.24, 2.45) is 5.92 Å². The Morgan fingerprint density at radius 3 is 1.20 bits per heavy atom. The minimum absolute atomic E-state index is 0. The first-order valence-corrected chi connectivity index (χ1v) is 28.3. The van der Waals surface area contributed by atoms with Crippen LogP contribution < -0.4 is 14.2 Å². The Labute approximate surface area is 564 Å². The van der Waals surface area contributed by atoms with E-state index in [1.54, 1.807) is 36.4 Å². The van der Waals surface area contributed by atoms with Gasteiger partial charge in [0.15, 0.2) is 6.61 Å². The van der Waals surface area contributed by atoms with Gasteiger partial charge in [-0.15, -0.1) is 0 Å². The molecule has 7 rings (SSSR count). The molecule has 520 valence electrons. The van der Waals surface area contributed by atoms with Gasteiger partial charge in [-0.1, -0.05) is 205 Å². The quantitative estimate of drug-likeness (QED) is 0.0120. The molecule has 0 aliphatic heterocycles. The number of hydrogen-bond acceptors (Lipinski definition) is 16. The highest BCUT2D eigenvalue weighted by Gasteiger charge is 2.26. The van der Waals surface area contributed by atoms with Gasteiger partial charge in [-0.25, -0.2) is 33.6 Å². The summed E-state index contributed by atoms with van der Waals surface area (Å²) in [4.78, 5) is 78.3. The van der Waals surface area contributed by atoms with Crippen molar-refractivity contribution in [3.8, 4) is 28.4 Å². The Morgan fingerprint density at radius 1 is 0.415 bits per heavy atom. The van der Waals surface area contributed by atoms with Crippen molar-refractivity contribution in [2.75, 3.05) is 27.0 Å². The number of hydrogen-bond donors (Lipinski definition) is 0. The van der Waals surface area contributed by atoms with E-state index in [9.17, 15) is 33.6 Å². The van der Waals surface area contributed by atoms with E-state index in [1.165, 1.54) is 73.6 Å². The van der Waals surface area contributed by atoms with Gasteiger partial charge in [-0.05, 0) is 157 Å². The molecule has 2 fully saturated rings. The molecule has 0 bridgehead atoms. The molecule has 0 atom stereocenters. The van der Waals surface area contributed by atoms with Crippen molar-refractivity contribution in [1.82, 2.24) is 0 Å². The van der Waals surface area contributed by atoms with Gasteiger partial charge < -0.3 is 42.6 Å². The van der Waals surface area contributed by atoms with Crippen LogP contribution in [0.25, 0.3) is 11.1 Å². The van der Waals surface area contributed by atoms with Crippen LogP contribution in [0.3, 0.4) is 0 Å². The number of rotatable bonds is 27. The molecule has 0 spiro atoms. The highest BCUT2D eigenvalue weighted by Crippen LogP contribution is 2.38. The first-order valence-electron chi connectivity index (χ1n) is 28.3. The summed E-state index contributed by atoms with van der Waals surface area (Å²) in [5.41, 5.74) is 7.69. The second kappa shape index (κ2) is 52.2. The Morgan fingerprint density at radius 2 is 0.777 bits per heavy atom. The standard InChI is InChI=1S/C34H32O9.C28H36O3.C7H8O4.9CH4/c1-3-31(35)39-21-33(37)42-29-15-13-26(14-16-29)24-7-5-23(6-8-24)25-9-11-27(12-10-25)34(38)43-30-19-17-28(18-20-30)40-22-41-32(36)4-2;1-3-5-6-7-22-8-14-25(15-9-22)26-16-10-23(11-17-26)20-24-12-18-27(19-13-24)30-21-31-28(29)4-2;1-3-6(8)10-5-11-7(9)4-2;;;;;;;;;/h3-12,17-20,26,29H,1-2,13-16,21-22H2;4,10-13,16-19,22,25H,2-3,5-9,14-15,20-21H2,1H3;3-4H,1-2,5H2;9*1H4. The summed E-state index contributed by atoms with van der Waals surface area (Å²) in [6.07, 6.45) is 20.2. The molecule has 2 saturated carbocycles. The summed E-state index contributed by atoms with van der Waals surface area (Å²) in [6, 6.07) is 39.1. The molecule has 5 aromatic carbocycles. The van der Waals surface area contributed by atoms with Crippen LogP contribution in [-0.2, 0) is 63.6 Å². The van der Waals surface area contributed by atoms with Crippen molar-refractivity contribution in [3.63, 3.8) is 0 Å². The summed E-state index contributed by atoms with van der Waals surface area (Å²) in [7, 11) is 0. The molecule has 16 nitrogen and oxygen atoms in total. The Balaban J connectivity index is -0.000000459. The molecule has 94 heavy (non-hydrogen) atoms. The predicted octanol–water partition coefficient (Wildman–Crippen LogP) is 19.3. The molecule has 0 unspecified atom stereocenters. The van der Waals surface area contributed by atoms with E-state index in [0.717, 1.165) is 85.4 Å². The van der Waals surface area contributed by atoms with Crippen LogP contribution in [0.15, 0.2) is 185 Å². The maximum Gasteiger partial charge on any atom is 0.344 e. The van der Waals surface area contributed by atoms with Crippen LogP contribution in [0.2, 0.25) is 0 Å². The van der Waals surface area contributed by atoms with Gasteiger partial charge in [-0.2, -0.15) is 0 Å².